The molecule has 0 heterocycles. The first kappa shape index (κ1) is 16.8. The number of methoxy groups -OCH3 is 2. The molecular weight excluding hydrogens is 300 g/mol. The van der Waals surface area contributed by atoms with Gasteiger partial charge in [0, 0.05) is 0 Å². The van der Waals surface area contributed by atoms with Crippen molar-refractivity contribution in [3.63, 3.8) is 0 Å². The fourth-order valence-corrected chi connectivity index (χ4v) is 2.18. The van der Waals surface area contributed by atoms with Crippen LogP contribution in [0, 0.1) is 0 Å². The first-order valence-corrected chi connectivity index (χ1v) is 7.05. The van der Waals surface area contributed by atoms with Gasteiger partial charge < -0.3 is 29.5 Å². The summed E-state index contributed by atoms with van der Waals surface area (Å²) in [7, 11) is 3.03. The van der Waals surface area contributed by atoms with Gasteiger partial charge in [-0.25, -0.2) is 0 Å². The Morgan fingerprint density at radius 3 is 2.04 bits per heavy atom. The first-order chi connectivity index (χ1) is 11.0. The number of aliphatic hydroxyl groups excluding tert-OH is 1. The van der Waals surface area contributed by atoms with E-state index in [0.29, 0.717) is 22.8 Å². The Hall–Kier alpha value is -2.60. The van der Waals surface area contributed by atoms with Gasteiger partial charge >= 0.3 is 0 Å². The molecule has 0 aliphatic rings. The molecular formula is C17H20O6. The molecule has 0 bridgehead atoms. The van der Waals surface area contributed by atoms with E-state index in [4.69, 9.17) is 14.2 Å². The Morgan fingerprint density at radius 1 is 0.913 bits per heavy atom. The van der Waals surface area contributed by atoms with Crippen LogP contribution in [0.1, 0.15) is 18.6 Å². The summed E-state index contributed by atoms with van der Waals surface area (Å²) >= 11 is 0. The molecule has 2 aromatic rings. The van der Waals surface area contributed by atoms with Crippen molar-refractivity contribution < 1.29 is 29.5 Å². The lowest BCUT2D eigenvalue weighted by atomic mass is 10.0. The van der Waals surface area contributed by atoms with Gasteiger partial charge in [-0.05, 0) is 36.8 Å². The van der Waals surface area contributed by atoms with Crippen LogP contribution in [0.5, 0.6) is 28.7 Å². The van der Waals surface area contributed by atoms with Gasteiger partial charge in [-0.3, -0.25) is 0 Å². The number of para-hydroxylation sites is 1. The summed E-state index contributed by atoms with van der Waals surface area (Å²) in [6.45, 7) is 1.68. The minimum atomic E-state index is -1.02. The maximum Gasteiger partial charge on any atom is 0.203 e. The monoisotopic (exact) mass is 320 g/mol. The number of phenols is 2. The van der Waals surface area contributed by atoms with Crippen molar-refractivity contribution >= 4 is 0 Å². The molecule has 0 aliphatic heterocycles. The molecule has 0 saturated carbocycles. The van der Waals surface area contributed by atoms with Crippen LogP contribution in [0.25, 0.3) is 0 Å². The van der Waals surface area contributed by atoms with Crippen LogP contribution in [0.15, 0.2) is 36.4 Å². The molecule has 0 aliphatic carbocycles. The molecule has 0 unspecified atom stereocenters. The highest BCUT2D eigenvalue weighted by molar-refractivity contribution is 5.51. The van der Waals surface area contributed by atoms with Crippen LogP contribution < -0.4 is 14.2 Å². The molecule has 0 radical (unpaired) electrons. The van der Waals surface area contributed by atoms with Gasteiger partial charge in [-0.15, -0.1) is 0 Å². The number of phenolic OH excluding ortho intramolecular Hbond substituents is 2. The molecule has 2 aromatic carbocycles. The quantitative estimate of drug-likeness (QED) is 0.709. The highest BCUT2D eigenvalue weighted by Gasteiger charge is 2.22. The van der Waals surface area contributed by atoms with E-state index in [1.165, 1.54) is 32.4 Å². The smallest absolute Gasteiger partial charge is 0.203 e. The maximum atomic E-state index is 10.4. The van der Waals surface area contributed by atoms with E-state index < -0.39 is 12.2 Å². The van der Waals surface area contributed by atoms with Gasteiger partial charge in [0.2, 0.25) is 5.75 Å². The van der Waals surface area contributed by atoms with E-state index in [0.717, 1.165) is 0 Å². The lowest BCUT2D eigenvalue weighted by molar-refractivity contribution is 0.0433. The molecule has 6 nitrogen and oxygen atoms in total. The molecule has 2 atom stereocenters. The topological polar surface area (TPSA) is 88.4 Å². The third-order valence-electron chi connectivity index (χ3n) is 3.47. The van der Waals surface area contributed by atoms with Crippen LogP contribution in [0.4, 0.5) is 0 Å². The van der Waals surface area contributed by atoms with E-state index in [-0.39, 0.29) is 11.5 Å². The summed E-state index contributed by atoms with van der Waals surface area (Å²) in [6, 6.07) is 9.33. The second kappa shape index (κ2) is 7.11. The van der Waals surface area contributed by atoms with Crippen LogP contribution in [-0.4, -0.2) is 35.6 Å². The van der Waals surface area contributed by atoms with Gasteiger partial charge in [-0.1, -0.05) is 12.1 Å². The third kappa shape index (κ3) is 3.60. The number of aliphatic hydroxyl groups is 1. The molecule has 0 spiro atoms. The van der Waals surface area contributed by atoms with E-state index in [1.54, 1.807) is 25.1 Å². The van der Waals surface area contributed by atoms with Gasteiger partial charge in [0.25, 0.3) is 0 Å². The number of aromatic hydroxyl groups is 2. The zero-order valence-electron chi connectivity index (χ0n) is 13.2. The summed E-state index contributed by atoms with van der Waals surface area (Å²) in [5, 5.41) is 29.3. The van der Waals surface area contributed by atoms with Gasteiger partial charge in [0.05, 0.1) is 14.2 Å². The third-order valence-corrected chi connectivity index (χ3v) is 3.47. The van der Waals surface area contributed by atoms with Crippen LogP contribution >= 0.6 is 0 Å². The maximum absolute atomic E-state index is 10.4. The van der Waals surface area contributed by atoms with Crippen LogP contribution in [0.3, 0.4) is 0 Å². The molecule has 3 N–H and O–H groups in total. The average molecular weight is 320 g/mol. The summed E-state index contributed by atoms with van der Waals surface area (Å²) in [4.78, 5) is 0. The summed E-state index contributed by atoms with van der Waals surface area (Å²) < 4.78 is 16.3. The number of hydrogen-bond donors (Lipinski definition) is 3. The standard InChI is InChI=1S/C17H20O6/c1-10(16(20)11-7-8-12(18)13(19)9-11)23-17-14(21-2)5-4-6-15(17)22-3/h4-10,16,18-20H,1-3H3/t10-,16-/m1/s1. The van der Waals surface area contributed by atoms with E-state index in [1.807, 2.05) is 0 Å². The van der Waals surface area contributed by atoms with Crippen molar-refractivity contribution in [2.75, 3.05) is 14.2 Å². The Labute approximate surface area is 134 Å². The zero-order valence-corrected chi connectivity index (χ0v) is 13.2. The molecule has 0 fully saturated rings. The molecule has 0 amide bonds. The molecule has 2 rings (SSSR count). The van der Waals surface area contributed by atoms with Crippen molar-refractivity contribution in [2.45, 2.75) is 19.1 Å². The van der Waals surface area contributed by atoms with Crippen molar-refractivity contribution in [1.82, 2.24) is 0 Å². The Balaban J connectivity index is 2.24. The summed E-state index contributed by atoms with van der Waals surface area (Å²) in [6.07, 6.45) is -1.67. The van der Waals surface area contributed by atoms with Gasteiger partial charge in [0.15, 0.2) is 23.0 Å². The minimum Gasteiger partial charge on any atom is -0.504 e. The zero-order chi connectivity index (χ0) is 17.0. The lowest BCUT2D eigenvalue weighted by Crippen LogP contribution is -2.22. The second-order valence-electron chi connectivity index (χ2n) is 5.01. The van der Waals surface area contributed by atoms with Crippen LogP contribution in [0.2, 0.25) is 0 Å². The molecule has 0 saturated heterocycles. The second-order valence-corrected chi connectivity index (χ2v) is 5.01. The highest BCUT2D eigenvalue weighted by atomic mass is 16.5. The predicted molar refractivity (Wildman–Crippen MR) is 84.4 cm³/mol. The Morgan fingerprint density at radius 2 is 1.52 bits per heavy atom. The fraction of sp³-hybridized carbons (Fsp3) is 0.294. The molecule has 0 aromatic heterocycles. The summed E-state index contributed by atoms with van der Waals surface area (Å²) in [5.41, 5.74) is 0.418. The SMILES string of the molecule is COc1cccc(OC)c1O[C@H](C)[C@@H](O)c1ccc(O)c(O)c1. The van der Waals surface area contributed by atoms with Crippen molar-refractivity contribution in [1.29, 1.82) is 0 Å². The van der Waals surface area contributed by atoms with E-state index in [9.17, 15) is 15.3 Å². The highest BCUT2D eigenvalue weighted by Crippen LogP contribution is 2.39. The number of benzene rings is 2. The van der Waals surface area contributed by atoms with Crippen LogP contribution in [-0.2, 0) is 0 Å². The van der Waals surface area contributed by atoms with Crippen molar-refractivity contribution in [3.8, 4) is 28.7 Å². The van der Waals surface area contributed by atoms with Gasteiger partial charge in [-0.2, -0.15) is 0 Å². The Kier molecular flexibility index (Phi) is 5.18. The summed E-state index contributed by atoms with van der Waals surface area (Å²) in [5.74, 6) is 0.797. The van der Waals surface area contributed by atoms with Gasteiger partial charge in [0.1, 0.15) is 12.2 Å². The number of rotatable bonds is 6. The van der Waals surface area contributed by atoms with Crippen molar-refractivity contribution in [3.05, 3.63) is 42.0 Å². The minimum absolute atomic E-state index is 0.249. The fourth-order valence-electron chi connectivity index (χ4n) is 2.18. The van der Waals surface area contributed by atoms with Crippen molar-refractivity contribution in [2.24, 2.45) is 0 Å². The Bertz CT molecular complexity index is 648. The number of hydrogen-bond acceptors (Lipinski definition) is 6. The van der Waals surface area contributed by atoms with E-state index >= 15 is 0 Å². The lowest BCUT2D eigenvalue weighted by Gasteiger charge is -2.23. The number of ether oxygens (including phenoxy) is 3. The normalized spacial score (nSPS) is 13.2. The molecule has 124 valence electrons. The molecule has 23 heavy (non-hydrogen) atoms. The average Bonchev–Trinajstić information content (AvgIpc) is 2.56. The first-order valence-electron chi connectivity index (χ1n) is 7.05. The largest absolute Gasteiger partial charge is 0.504 e. The predicted octanol–water partition coefficient (Wildman–Crippen LogP) is 2.62. The molecule has 6 heteroatoms. The van der Waals surface area contributed by atoms with E-state index in [2.05, 4.69) is 0 Å².